The van der Waals surface area contributed by atoms with Crippen molar-refractivity contribution < 1.29 is 0 Å². The van der Waals surface area contributed by atoms with Crippen LogP contribution in [-0.4, -0.2) is 35.6 Å². The normalized spacial score (nSPS) is 26.5. The van der Waals surface area contributed by atoms with Crippen LogP contribution >= 0.6 is 0 Å². The van der Waals surface area contributed by atoms with Gasteiger partial charge in [-0.1, -0.05) is 32.8 Å². The summed E-state index contributed by atoms with van der Waals surface area (Å²) in [4.78, 5) is 6.94. The first kappa shape index (κ1) is 16.4. The van der Waals surface area contributed by atoms with Crippen LogP contribution < -0.4 is 5.73 Å². The number of rotatable bonds is 6. The molecule has 0 amide bonds. The lowest BCUT2D eigenvalue weighted by Gasteiger charge is -2.47. The highest BCUT2D eigenvalue weighted by Gasteiger charge is 2.39. The molecule has 0 aromatic carbocycles. The molecule has 2 unspecified atom stereocenters. The molecule has 2 atom stereocenters. The fourth-order valence-electron chi connectivity index (χ4n) is 3.71. The van der Waals surface area contributed by atoms with E-state index in [0.717, 1.165) is 31.3 Å². The van der Waals surface area contributed by atoms with E-state index in [1.54, 1.807) is 0 Å². The Bertz CT molecular complexity index is 418. The van der Waals surface area contributed by atoms with E-state index in [1.807, 2.05) is 12.3 Å². The molecule has 0 spiro atoms. The van der Waals surface area contributed by atoms with Gasteiger partial charge in [0.05, 0.1) is 0 Å². The first-order valence-electron chi connectivity index (χ1n) is 8.38. The second-order valence-electron chi connectivity index (χ2n) is 7.02. The van der Waals surface area contributed by atoms with E-state index in [-0.39, 0.29) is 5.54 Å². The Hall–Kier alpha value is -0.930. The minimum atomic E-state index is 0.196. The van der Waals surface area contributed by atoms with Gasteiger partial charge in [-0.25, -0.2) is 0 Å². The highest BCUT2D eigenvalue weighted by Crippen LogP contribution is 2.39. The molecule has 0 aliphatic heterocycles. The molecule has 1 aromatic rings. The summed E-state index contributed by atoms with van der Waals surface area (Å²) in [5, 5.41) is 0. The summed E-state index contributed by atoms with van der Waals surface area (Å²) < 4.78 is 0. The van der Waals surface area contributed by atoms with E-state index in [4.69, 9.17) is 5.73 Å². The van der Waals surface area contributed by atoms with Crippen LogP contribution in [0.3, 0.4) is 0 Å². The number of pyridine rings is 1. The van der Waals surface area contributed by atoms with Gasteiger partial charge in [-0.3, -0.25) is 9.88 Å². The number of hydrogen-bond donors (Lipinski definition) is 1. The van der Waals surface area contributed by atoms with Crippen molar-refractivity contribution in [2.45, 2.75) is 51.5 Å². The van der Waals surface area contributed by atoms with Crippen LogP contribution in [-0.2, 0) is 6.42 Å². The highest BCUT2D eigenvalue weighted by molar-refractivity contribution is 5.04. The number of aromatic nitrogens is 1. The second kappa shape index (κ2) is 7.37. The minimum Gasteiger partial charge on any atom is -0.329 e. The smallest absolute Gasteiger partial charge is 0.0416 e. The first-order valence-corrected chi connectivity index (χ1v) is 8.38. The Balaban J connectivity index is 1.98. The lowest BCUT2D eigenvalue weighted by molar-refractivity contribution is 0.0458. The maximum atomic E-state index is 6.21. The van der Waals surface area contributed by atoms with Crippen molar-refractivity contribution in [3.8, 4) is 0 Å². The predicted octanol–water partition coefficient (Wildman–Crippen LogP) is 3.10. The van der Waals surface area contributed by atoms with Crippen molar-refractivity contribution in [2.24, 2.45) is 17.6 Å². The minimum absolute atomic E-state index is 0.196. The SMILES string of the molecule is CC(C)C1CCCC(CN)(N(C)CCc2ccccn2)C1. The fraction of sp³-hybridized carbons (Fsp3) is 0.722. The first-order chi connectivity index (χ1) is 10.1. The van der Waals surface area contributed by atoms with E-state index in [9.17, 15) is 0 Å². The van der Waals surface area contributed by atoms with Crippen LogP contribution in [0.4, 0.5) is 0 Å². The van der Waals surface area contributed by atoms with Crippen LogP contribution in [0.15, 0.2) is 24.4 Å². The predicted molar refractivity (Wildman–Crippen MR) is 89.2 cm³/mol. The topological polar surface area (TPSA) is 42.1 Å². The van der Waals surface area contributed by atoms with Gasteiger partial charge in [0.2, 0.25) is 0 Å². The molecule has 1 fully saturated rings. The van der Waals surface area contributed by atoms with Crippen LogP contribution in [0.1, 0.15) is 45.2 Å². The summed E-state index contributed by atoms with van der Waals surface area (Å²) in [6.45, 7) is 6.52. The van der Waals surface area contributed by atoms with Gasteiger partial charge in [0.25, 0.3) is 0 Å². The van der Waals surface area contributed by atoms with Gasteiger partial charge in [0.15, 0.2) is 0 Å². The Morgan fingerprint density at radius 3 is 2.86 bits per heavy atom. The zero-order valence-corrected chi connectivity index (χ0v) is 13.9. The molecule has 2 N–H and O–H groups in total. The molecule has 0 radical (unpaired) electrons. The maximum Gasteiger partial charge on any atom is 0.0416 e. The van der Waals surface area contributed by atoms with E-state index in [0.29, 0.717) is 0 Å². The molecule has 1 saturated carbocycles. The third-order valence-electron chi connectivity index (χ3n) is 5.42. The Labute approximate surface area is 129 Å². The van der Waals surface area contributed by atoms with Crippen molar-refractivity contribution in [3.05, 3.63) is 30.1 Å². The van der Waals surface area contributed by atoms with Gasteiger partial charge in [0.1, 0.15) is 0 Å². The molecule has 0 saturated heterocycles. The Morgan fingerprint density at radius 1 is 1.43 bits per heavy atom. The summed E-state index contributed by atoms with van der Waals surface area (Å²) in [7, 11) is 2.25. The molecule has 1 aromatic heterocycles. The molecule has 1 heterocycles. The van der Waals surface area contributed by atoms with Gasteiger partial charge in [0, 0.05) is 36.9 Å². The van der Waals surface area contributed by atoms with Crippen LogP contribution in [0.5, 0.6) is 0 Å². The van der Waals surface area contributed by atoms with E-state index >= 15 is 0 Å². The fourth-order valence-corrected chi connectivity index (χ4v) is 3.71. The van der Waals surface area contributed by atoms with Gasteiger partial charge >= 0.3 is 0 Å². The lowest BCUT2D eigenvalue weighted by Crippen LogP contribution is -2.55. The largest absolute Gasteiger partial charge is 0.329 e. The van der Waals surface area contributed by atoms with Gasteiger partial charge in [-0.15, -0.1) is 0 Å². The average molecular weight is 289 g/mol. The van der Waals surface area contributed by atoms with Gasteiger partial charge in [-0.05, 0) is 43.9 Å². The molecular weight excluding hydrogens is 258 g/mol. The second-order valence-corrected chi connectivity index (χ2v) is 7.02. The quantitative estimate of drug-likeness (QED) is 0.875. The summed E-state index contributed by atoms with van der Waals surface area (Å²) in [6, 6.07) is 6.15. The molecule has 21 heavy (non-hydrogen) atoms. The van der Waals surface area contributed by atoms with E-state index < -0.39 is 0 Å². The third-order valence-corrected chi connectivity index (χ3v) is 5.42. The lowest BCUT2D eigenvalue weighted by atomic mass is 9.71. The summed E-state index contributed by atoms with van der Waals surface area (Å²) >= 11 is 0. The molecule has 3 nitrogen and oxygen atoms in total. The number of likely N-dealkylation sites (N-methyl/N-ethyl adjacent to an activating group) is 1. The van der Waals surface area contributed by atoms with Crippen molar-refractivity contribution in [1.82, 2.24) is 9.88 Å². The molecule has 3 heteroatoms. The Morgan fingerprint density at radius 2 is 2.24 bits per heavy atom. The van der Waals surface area contributed by atoms with Crippen molar-refractivity contribution in [3.63, 3.8) is 0 Å². The number of nitrogens with zero attached hydrogens (tertiary/aromatic N) is 2. The monoisotopic (exact) mass is 289 g/mol. The molecular formula is C18H31N3. The summed E-state index contributed by atoms with van der Waals surface area (Å²) in [5.74, 6) is 1.58. The molecule has 1 aliphatic carbocycles. The Kier molecular flexibility index (Phi) is 5.77. The van der Waals surface area contributed by atoms with Crippen molar-refractivity contribution >= 4 is 0 Å². The van der Waals surface area contributed by atoms with E-state index in [2.05, 4.69) is 42.9 Å². The zero-order valence-electron chi connectivity index (χ0n) is 13.9. The summed E-state index contributed by atoms with van der Waals surface area (Å²) in [6.07, 6.45) is 8.06. The van der Waals surface area contributed by atoms with Gasteiger partial charge in [-0.2, -0.15) is 0 Å². The molecule has 118 valence electrons. The molecule has 0 bridgehead atoms. The average Bonchev–Trinajstić information content (AvgIpc) is 2.53. The number of nitrogens with two attached hydrogens (primary N) is 1. The summed E-state index contributed by atoms with van der Waals surface area (Å²) in [5.41, 5.74) is 7.58. The standard InChI is InChI=1S/C18H31N3/c1-15(2)16-7-6-10-18(13-16,14-19)21(3)12-9-17-8-4-5-11-20-17/h4-5,8,11,15-16H,6-7,9-10,12-14,19H2,1-3H3. The third kappa shape index (κ3) is 4.04. The van der Waals surface area contributed by atoms with Gasteiger partial charge < -0.3 is 5.73 Å². The van der Waals surface area contributed by atoms with Crippen LogP contribution in [0, 0.1) is 11.8 Å². The number of hydrogen-bond acceptors (Lipinski definition) is 3. The van der Waals surface area contributed by atoms with Crippen molar-refractivity contribution in [1.29, 1.82) is 0 Å². The maximum absolute atomic E-state index is 6.21. The van der Waals surface area contributed by atoms with Crippen LogP contribution in [0.2, 0.25) is 0 Å². The highest BCUT2D eigenvalue weighted by atomic mass is 15.2. The van der Waals surface area contributed by atoms with E-state index in [1.165, 1.54) is 31.4 Å². The molecule has 1 aliphatic rings. The molecule has 2 rings (SSSR count). The van der Waals surface area contributed by atoms with Crippen LogP contribution in [0.25, 0.3) is 0 Å². The van der Waals surface area contributed by atoms with Crippen molar-refractivity contribution in [2.75, 3.05) is 20.1 Å². The zero-order chi connectivity index (χ0) is 15.3.